The van der Waals surface area contributed by atoms with Crippen LogP contribution in [0.25, 0.3) is 0 Å². The highest BCUT2D eigenvalue weighted by Crippen LogP contribution is 2.49. The van der Waals surface area contributed by atoms with Crippen molar-refractivity contribution in [3.8, 4) is 0 Å². The van der Waals surface area contributed by atoms with Crippen LogP contribution in [-0.4, -0.2) is 40.7 Å². The Bertz CT molecular complexity index is 1020. The van der Waals surface area contributed by atoms with Crippen LogP contribution in [0.5, 0.6) is 0 Å². The van der Waals surface area contributed by atoms with E-state index in [0.717, 1.165) is 17.8 Å². The number of benzene rings is 1. The molecule has 1 aromatic carbocycles. The molecular weight excluding hydrogens is 436 g/mol. The van der Waals surface area contributed by atoms with Crippen molar-refractivity contribution in [1.29, 1.82) is 0 Å². The molecule has 1 amide bonds. The number of rotatable bonds is 3. The van der Waals surface area contributed by atoms with E-state index in [2.05, 4.69) is 15.3 Å². The Balaban J connectivity index is 1.69. The van der Waals surface area contributed by atoms with E-state index in [1.165, 1.54) is 24.5 Å². The largest absolute Gasteiger partial charge is 0.414 e. The van der Waals surface area contributed by atoms with Gasteiger partial charge >= 0.3 is 6.18 Å². The Kier molecular flexibility index (Phi) is 5.65. The van der Waals surface area contributed by atoms with Crippen LogP contribution in [0.1, 0.15) is 22.3 Å². The summed E-state index contributed by atoms with van der Waals surface area (Å²) in [5, 5.41) is 2.80. The molecule has 6 nitrogen and oxygen atoms in total. The second-order valence-electron chi connectivity index (χ2n) is 7.35. The van der Waals surface area contributed by atoms with E-state index in [4.69, 9.17) is 10.5 Å². The Morgan fingerprint density at radius 3 is 2.84 bits per heavy atom. The molecule has 2 aromatic rings. The first-order valence-corrected chi connectivity index (χ1v) is 10.4. The van der Waals surface area contributed by atoms with Crippen molar-refractivity contribution in [2.45, 2.75) is 24.2 Å². The molecule has 4 rings (SSSR count). The quantitative estimate of drug-likeness (QED) is 0.691. The number of amides is 1. The molecule has 164 valence electrons. The molecule has 0 spiro atoms. The van der Waals surface area contributed by atoms with Gasteiger partial charge in [0.1, 0.15) is 11.4 Å². The minimum atomic E-state index is -4.53. The van der Waals surface area contributed by atoms with Gasteiger partial charge in [-0.25, -0.2) is 9.38 Å². The van der Waals surface area contributed by atoms with Crippen molar-refractivity contribution < 1.29 is 27.1 Å². The van der Waals surface area contributed by atoms with Gasteiger partial charge in [-0.05, 0) is 36.8 Å². The minimum absolute atomic E-state index is 0.0327. The van der Waals surface area contributed by atoms with Gasteiger partial charge in [-0.15, -0.1) is 0 Å². The number of fused-ring (bicyclic) bond motifs is 1. The summed E-state index contributed by atoms with van der Waals surface area (Å²) < 4.78 is 59.7. The molecule has 3 heterocycles. The molecule has 2 aliphatic heterocycles. The number of alkyl halides is 3. The summed E-state index contributed by atoms with van der Waals surface area (Å²) in [5.41, 5.74) is 5.06. The van der Waals surface area contributed by atoms with E-state index in [1.807, 2.05) is 0 Å². The van der Waals surface area contributed by atoms with Gasteiger partial charge < -0.3 is 15.8 Å². The van der Waals surface area contributed by atoms with Crippen molar-refractivity contribution in [2.75, 3.05) is 17.7 Å². The van der Waals surface area contributed by atoms with Crippen molar-refractivity contribution in [3.63, 3.8) is 0 Å². The molecule has 0 radical (unpaired) electrons. The number of hydrogen-bond acceptors (Lipinski definition) is 6. The zero-order valence-corrected chi connectivity index (χ0v) is 16.8. The lowest BCUT2D eigenvalue weighted by atomic mass is 9.74. The SMILES string of the molecule is NC1=N[C@@]2(c3cc(NC(=O)c4cccnc4)ccc3F)CO[C@@H](C(F)(F)F)C[C@H]2CS1. The van der Waals surface area contributed by atoms with E-state index in [-0.39, 0.29) is 28.6 Å². The predicted molar refractivity (Wildman–Crippen MR) is 108 cm³/mol. The number of nitrogens with two attached hydrogens (primary N) is 1. The highest BCUT2D eigenvalue weighted by Gasteiger charge is 2.55. The molecule has 1 saturated heterocycles. The smallest absolute Gasteiger partial charge is 0.379 e. The van der Waals surface area contributed by atoms with Gasteiger partial charge in [0.05, 0.1) is 12.2 Å². The van der Waals surface area contributed by atoms with Crippen LogP contribution in [0.15, 0.2) is 47.7 Å². The number of halogens is 4. The summed E-state index contributed by atoms with van der Waals surface area (Å²) in [6.07, 6.45) is -3.94. The van der Waals surface area contributed by atoms with E-state index in [0.29, 0.717) is 5.56 Å². The summed E-state index contributed by atoms with van der Waals surface area (Å²) in [7, 11) is 0. The molecule has 0 unspecified atom stereocenters. The van der Waals surface area contributed by atoms with Crippen molar-refractivity contribution >= 4 is 28.5 Å². The highest BCUT2D eigenvalue weighted by molar-refractivity contribution is 8.13. The average Bonchev–Trinajstić information content (AvgIpc) is 2.74. The van der Waals surface area contributed by atoms with Gasteiger partial charge in [-0.2, -0.15) is 13.2 Å². The van der Waals surface area contributed by atoms with E-state index >= 15 is 0 Å². The third-order valence-corrected chi connectivity index (χ3v) is 6.36. The van der Waals surface area contributed by atoms with Gasteiger partial charge in [0.2, 0.25) is 0 Å². The Labute approximate surface area is 179 Å². The number of aliphatic imine (C=N–C) groups is 1. The van der Waals surface area contributed by atoms with Crippen LogP contribution in [0, 0.1) is 11.7 Å². The Morgan fingerprint density at radius 2 is 2.13 bits per heavy atom. The van der Waals surface area contributed by atoms with Crippen molar-refractivity contribution in [3.05, 3.63) is 59.7 Å². The summed E-state index contributed by atoms with van der Waals surface area (Å²) in [6.45, 7) is -0.472. The first-order chi connectivity index (χ1) is 14.7. The lowest BCUT2D eigenvalue weighted by Gasteiger charge is -2.46. The summed E-state index contributed by atoms with van der Waals surface area (Å²) in [6, 6.07) is 7.05. The number of pyridine rings is 1. The van der Waals surface area contributed by atoms with E-state index in [9.17, 15) is 22.4 Å². The fraction of sp³-hybridized carbons (Fsp3) is 0.350. The van der Waals surface area contributed by atoms with Gasteiger partial charge in [0.15, 0.2) is 11.3 Å². The summed E-state index contributed by atoms with van der Waals surface area (Å²) in [4.78, 5) is 20.7. The number of hydrogen-bond donors (Lipinski definition) is 2. The third kappa shape index (κ3) is 4.24. The molecule has 0 saturated carbocycles. The maximum Gasteiger partial charge on any atom is 0.414 e. The number of amidine groups is 1. The fourth-order valence-electron chi connectivity index (χ4n) is 3.83. The normalized spacial score (nSPS) is 26.0. The summed E-state index contributed by atoms with van der Waals surface area (Å²) >= 11 is 1.13. The second-order valence-corrected chi connectivity index (χ2v) is 8.39. The average molecular weight is 454 g/mol. The number of carbonyl (C=O) groups excluding carboxylic acids is 1. The first kappa shape index (κ1) is 21.6. The first-order valence-electron chi connectivity index (χ1n) is 9.37. The van der Waals surface area contributed by atoms with E-state index < -0.39 is 42.1 Å². The number of nitrogens with one attached hydrogen (secondary N) is 1. The standard InChI is InChI=1S/C20H18F4N4O2S/c21-15-4-3-13(27-17(29)11-2-1-5-26-8-11)7-14(15)19-10-30-16(20(22,23)24)6-12(19)9-31-18(25)28-19/h1-5,7-8,12,16H,6,9-10H2,(H2,25,28)(H,27,29)/t12-,16+,19-/m0/s1. The van der Waals surface area contributed by atoms with Crippen LogP contribution in [0.3, 0.4) is 0 Å². The number of ether oxygens (including phenoxy) is 1. The van der Waals surface area contributed by atoms with E-state index in [1.54, 1.807) is 12.1 Å². The summed E-state index contributed by atoms with van der Waals surface area (Å²) in [5.74, 6) is -1.53. The lowest BCUT2D eigenvalue weighted by Crippen LogP contribution is -2.53. The van der Waals surface area contributed by atoms with Gasteiger partial charge in [-0.1, -0.05) is 11.8 Å². The molecule has 3 N–H and O–H groups in total. The van der Waals surface area contributed by atoms with Crippen LogP contribution in [0.4, 0.5) is 23.2 Å². The number of carbonyl (C=O) groups is 1. The number of aromatic nitrogens is 1. The van der Waals surface area contributed by atoms with Crippen LogP contribution in [0.2, 0.25) is 0 Å². The van der Waals surface area contributed by atoms with Crippen molar-refractivity contribution in [2.24, 2.45) is 16.6 Å². The number of anilines is 1. The molecule has 1 aromatic heterocycles. The molecule has 31 heavy (non-hydrogen) atoms. The molecule has 0 bridgehead atoms. The monoisotopic (exact) mass is 454 g/mol. The van der Waals surface area contributed by atoms with Crippen LogP contribution < -0.4 is 11.1 Å². The molecular formula is C20H18F4N4O2S. The number of thioether (sulfide) groups is 1. The highest BCUT2D eigenvalue weighted by atomic mass is 32.2. The van der Waals surface area contributed by atoms with Gasteiger partial charge in [0, 0.05) is 35.3 Å². The number of nitrogens with zero attached hydrogens (tertiary/aromatic N) is 2. The van der Waals surface area contributed by atoms with Gasteiger partial charge in [-0.3, -0.25) is 9.78 Å². The molecule has 11 heteroatoms. The van der Waals surface area contributed by atoms with Gasteiger partial charge in [0.25, 0.3) is 5.91 Å². The zero-order chi connectivity index (χ0) is 22.2. The fourth-order valence-corrected chi connectivity index (χ4v) is 4.84. The Hall–Kier alpha value is -2.66. The molecule has 3 atom stereocenters. The topological polar surface area (TPSA) is 89.6 Å². The predicted octanol–water partition coefficient (Wildman–Crippen LogP) is 3.70. The zero-order valence-electron chi connectivity index (χ0n) is 16.0. The van der Waals surface area contributed by atoms with Crippen LogP contribution in [-0.2, 0) is 10.3 Å². The maximum atomic E-state index is 14.9. The minimum Gasteiger partial charge on any atom is -0.379 e. The van der Waals surface area contributed by atoms with Crippen molar-refractivity contribution in [1.82, 2.24) is 4.98 Å². The molecule has 2 aliphatic rings. The van der Waals surface area contributed by atoms with Crippen LogP contribution >= 0.6 is 11.8 Å². The molecule has 1 fully saturated rings. The Morgan fingerprint density at radius 1 is 1.32 bits per heavy atom. The lowest BCUT2D eigenvalue weighted by molar-refractivity contribution is -0.245. The third-order valence-electron chi connectivity index (χ3n) is 5.40. The molecule has 0 aliphatic carbocycles. The second kappa shape index (κ2) is 8.12. The maximum absolute atomic E-state index is 14.9.